The van der Waals surface area contributed by atoms with E-state index in [9.17, 15) is 4.79 Å². The Morgan fingerprint density at radius 1 is 1.03 bits per heavy atom. The highest BCUT2D eigenvalue weighted by Crippen LogP contribution is 2.33. The van der Waals surface area contributed by atoms with Gasteiger partial charge in [-0.1, -0.05) is 53.8 Å². The highest BCUT2D eigenvalue weighted by molar-refractivity contribution is 7.22. The molecule has 6 heteroatoms. The second-order valence-electron chi connectivity index (χ2n) is 7.51. The van der Waals surface area contributed by atoms with Crippen molar-refractivity contribution in [2.45, 2.75) is 26.8 Å². The number of carbonyl (C=O) groups excluding carboxylic acids is 1. The molecule has 0 aliphatic carbocycles. The van der Waals surface area contributed by atoms with Crippen LogP contribution in [0.25, 0.3) is 10.2 Å². The van der Waals surface area contributed by atoms with Gasteiger partial charge in [0.1, 0.15) is 11.5 Å². The highest BCUT2D eigenvalue weighted by atomic mass is 32.1. The van der Waals surface area contributed by atoms with E-state index in [1.54, 1.807) is 12.0 Å². The molecule has 164 valence electrons. The number of fused-ring (bicyclic) bond motifs is 1. The molecule has 0 atom stereocenters. The number of carbonyl (C=O) groups is 1. The zero-order valence-electron chi connectivity index (χ0n) is 18.5. The number of thiazole rings is 1. The van der Waals surface area contributed by atoms with Crippen LogP contribution in [0.2, 0.25) is 0 Å². The van der Waals surface area contributed by atoms with E-state index in [1.165, 1.54) is 11.3 Å². The van der Waals surface area contributed by atoms with Gasteiger partial charge in [-0.25, -0.2) is 4.98 Å². The van der Waals surface area contributed by atoms with Crippen LogP contribution < -0.4 is 14.4 Å². The maximum absolute atomic E-state index is 13.5. The van der Waals surface area contributed by atoms with Crippen LogP contribution in [0.15, 0.2) is 66.7 Å². The molecule has 0 spiro atoms. The van der Waals surface area contributed by atoms with Gasteiger partial charge < -0.3 is 9.47 Å². The fourth-order valence-electron chi connectivity index (χ4n) is 3.61. The van der Waals surface area contributed by atoms with Crippen molar-refractivity contribution in [3.05, 3.63) is 83.4 Å². The summed E-state index contributed by atoms with van der Waals surface area (Å²) in [6.45, 7) is 5.02. The van der Waals surface area contributed by atoms with Crippen LogP contribution in [0.4, 0.5) is 5.13 Å². The Morgan fingerprint density at radius 2 is 1.84 bits per heavy atom. The third kappa shape index (κ3) is 4.92. The van der Waals surface area contributed by atoms with Crippen molar-refractivity contribution in [2.75, 3.05) is 18.6 Å². The van der Waals surface area contributed by atoms with Gasteiger partial charge in [-0.05, 0) is 54.8 Å². The molecule has 3 aromatic carbocycles. The molecule has 1 aromatic heterocycles. The van der Waals surface area contributed by atoms with Gasteiger partial charge in [-0.15, -0.1) is 0 Å². The van der Waals surface area contributed by atoms with Crippen molar-refractivity contribution in [1.29, 1.82) is 0 Å². The van der Waals surface area contributed by atoms with Gasteiger partial charge in [0.05, 0.1) is 36.9 Å². The Kier molecular flexibility index (Phi) is 6.71. The first-order valence-electron chi connectivity index (χ1n) is 10.6. The molecule has 0 saturated heterocycles. The van der Waals surface area contributed by atoms with Crippen molar-refractivity contribution in [3.8, 4) is 11.5 Å². The minimum Gasteiger partial charge on any atom is -0.496 e. The predicted molar refractivity (Wildman–Crippen MR) is 130 cm³/mol. The number of benzene rings is 3. The minimum atomic E-state index is 0.00232. The molecule has 32 heavy (non-hydrogen) atoms. The lowest BCUT2D eigenvalue weighted by Gasteiger charge is -2.20. The van der Waals surface area contributed by atoms with Crippen molar-refractivity contribution < 1.29 is 14.3 Å². The molecule has 5 nitrogen and oxygen atoms in total. The van der Waals surface area contributed by atoms with E-state index in [0.29, 0.717) is 18.3 Å². The fourth-order valence-corrected chi connectivity index (χ4v) is 4.62. The van der Waals surface area contributed by atoms with Crippen LogP contribution in [0.3, 0.4) is 0 Å². The average Bonchev–Trinajstić information content (AvgIpc) is 3.21. The van der Waals surface area contributed by atoms with E-state index in [0.717, 1.165) is 38.4 Å². The van der Waals surface area contributed by atoms with E-state index >= 15 is 0 Å². The number of amides is 1. The SMILES string of the molecule is CCOc1ccc2nc(N(Cc3ccccc3)C(=O)Cc3ccc(OC)c(C)c3)sc2c1. The zero-order chi connectivity index (χ0) is 22.5. The van der Waals surface area contributed by atoms with Crippen LogP contribution in [-0.2, 0) is 17.8 Å². The molecule has 0 bridgehead atoms. The number of rotatable bonds is 8. The number of nitrogens with zero attached hydrogens (tertiary/aromatic N) is 2. The van der Waals surface area contributed by atoms with Gasteiger partial charge in [0.2, 0.25) is 5.91 Å². The Labute approximate surface area is 192 Å². The van der Waals surface area contributed by atoms with E-state index in [2.05, 4.69) is 0 Å². The van der Waals surface area contributed by atoms with Gasteiger partial charge >= 0.3 is 0 Å². The standard InChI is InChI=1S/C26H26N2O3S/c1-4-31-21-11-12-22-24(16-21)32-26(27-22)28(17-19-8-6-5-7-9-19)25(29)15-20-10-13-23(30-3)18(2)14-20/h5-14,16H,4,15,17H2,1-3H3. The second kappa shape index (κ2) is 9.83. The topological polar surface area (TPSA) is 51.7 Å². The molecule has 4 rings (SSSR count). The Balaban J connectivity index is 1.66. The minimum absolute atomic E-state index is 0.00232. The van der Waals surface area contributed by atoms with E-state index < -0.39 is 0 Å². The van der Waals surface area contributed by atoms with Gasteiger partial charge in [-0.3, -0.25) is 9.69 Å². The largest absolute Gasteiger partial charge is 0.496 e. The summed E-state index contributed by atoms with van der Waals surface area (Å²) in [5.74, 6) is 1.63. The van der Waals surface area contributed by atoms with Gasteiger partial charge in [-0.2, -0.15) is 0 Å². The first-order chi connectivity index (χ1) is 15.6. The maximum Gasteiger partial charge on any atom is 0.233 e. The molecule has 0 unspecified atom stereocenters. The van der Waals surface area contributed by atoms with Crippen molar-refractivity contribution in [1.82, 2.24) is 4.98 Å². The molecular formula is C26H26N2O3S. The molecule has 4 aromatic rings. The summed E-state index contributed by atoms with van der Waals surface area (Å²) in [5.41, 5.74) is 3.88. The maximum atomic E-state index is 13.5. The number of ether oxygens (including phenoxy) is 2. The van der Waals surface area contributed by atoms with Gasteiger partial charge in [0, 0.05) is 0 Å². The Morgan fingerprint density at radius 3 is 2.56 bits per heavy atom. The third-order valence-electron chi connectivity index (χ3n) is 5.19. The van der Waals surface area contributed by atoms with Gasteiger partial charge in [0.25, 0.3) is 0 Å². The summed E-state index contributed by atoms with van der Waals surface area (Å²) in [6, 6.07) is 21.7. The highest BCUT2D eigenvalue weighted by Gasteiger charge is 2.21. The lowest BCUT2D eigenvalue weighted by Crippen LogP contribution is -2.31. The lowest BCUT2D eigenvalue weighted by atomic mass is 10.1. The first-order valence-corrected chi connectivity index (χ1v) is 11.4. The molecule has 0 aliphatic rings. The molecule has 0 fully saturated rings. The van der Waals surface area contributed by atoms with Crippen LogP contribution in [0.1, 0.15) is 23.6 Å². The summed E-state index contributed by atoms with van der Waals surface area (Å²) < 4.78 is 12.0. The summed E-state index contributed by atoms with van der Waals surface area (Å²) in [4.78, 5) is 20.0. The van der Waals surface area contributed by atoms with Crippen LogP contribution in [-0.4, -0.2) is 24.6 Å². The van der Waals surface area contributed by atoms with Crippen LogP contribution >= 0.6 is 11.3 Å². The Hall–Kier alpha value is -3.38. The van der Waals surface area contributed by atoms with E-state index in [-0.39, 0.29) is 12.3 Å². The molecular weight excluding hydrogens is 420 g/mol. The Bertz CT molecular complexity index is 1220. The van der Waals surface area contributed by atoms with Crippen molar-refractivity contribution in [2.24, 2.45) is 0 Å². The zero-order valence-corrected chi connectivity index (χ0v) is 19.3. The van der Waals surface area contributed by atoms with Crippen LogP contribution in [0.5, 0.6) is 11.5 Å². The molecule has 0 N–H and O–H groups in total. The number of aryl methyl sites for hydroxylation is 1. The summed E-state index contributed by atoms with van der Waals surface area (Å²) in [7, 11) is 1.65. The van der Waals surface area contributed by atoms with Crippen molar-refractivity contribution >= 4 is 32.6 Å². The fraction of sp³-hybridized carbons (Fsp3) is 0.231. The third-order valence-corrected chi connectivity index (χ3v) is 6.23. The summed E-state index contributed by atoms with van der Waals surface area (Å²) in [5, 5.41) is 0.688. The van der Waals surface area contributed by atoms with E-state index in [4.69, 9.17) is 14.5 Å². The number of aromatic nitrogens is 1. The number of hydrogen-bond donors (Lipinski definition) is 0. The monoisotopic (exact) mass is 446 g/mol. The second-order valence-corrected chi connectivity index (χ2v) is 8.51. The van der Waals surface area contributed by atoms with Crippen molar-refractivity contribution in [3.63, 3.8) is 0 Å². The molecule has 1 heterocycles. The number of methoxy groups -OCH3 is 1. The molecule has 0 saturated carbocycles. The normalized spacial score (nSPS) is 10.8. The van der Waals surface area contributed by atoms with E-state index in [1.807, 2.05) is 80.6 Å². The smallest absolute Gasteiger partial charge is 0.233 e. The molecule has 1 amide bonds. The van der Waals surface area contributed by atoms with Gasteiger partial charge in [0.15, 0.2) is 5.13 Å². The lowest BCUT2D eigenvalue weighted by molar-refractivity contribution is -0.118. The first kappa shape index (κ1) is 21.8. The number of anilines is 1. The quantitative estimate of drug-likeness (QED) is 0.344. The molecule has 0 radical (unpaired) electrons. The number of hydrogen-bond acceptors (Lipinski definition) is 5. The predicted octanol–water partition coefficient (Wildman–Crippen LogP) is 5.79. The summed E-state index contributed by atoms with van der Waals surface area (Å²) >= 11 is 1.51. The summed E-state index contributed by atoms with van der Waals surface area (Å²) in [6.07, 6.45) is 0.289. The van der Waals surface area contributed by atoms with Crippen LogP contribution in [0, 0.1) is 6.92 Å². The molecule has 0 aliphatic heterocycles. The average molecular weight is 447 g/mol.